The number of methoxy groups -OCH3 is 1. The Kier molecular flexibility index (Phi) is 7.49. The van der Waals surface area contributed by atoms with Gasteiger partial charge in [0.15, 0.2) is 0 Å². The van der Waals surface area contributed by atoms with Crippen LogP contribution < -0.4 is 4.90 Å². The number of rotatable bonds is 5. The number of piperazine rings is 1. The van der Waals surface area contributed by atoms with E-state index >= 15 is 0 Å². The van der Waals surface area contributed by atoms with Crippen LogP contribution in [0.25, 0.3) is 0 Å². The number of benzene rings is 1. The van der Waals surface area contributed by atoms with Crippen molar-refractivity contribution in [2.24, 2.45) is 22.7 Å². The predicted molar refractivity (Wildman–Crippen MR) is 156 cm³/mol. The average Bonchev–Trinajstić information content (AvgIpc) is 3.27. The molecule has 0 spiro atoms. The minimum absolute atomic E-state index is 0.00261. The Labute approximate surface area is 251 Å². The molecule has 10 heteroatoms. The zero-order valence-electron chi connectivity index (χ0n) is 25.2. The lowest BCUT2D eigenvalue weighted by molar-refractivity contribution is -0.175. The molecule has 43 heavy (non-hydrogen) atoms. The molecular weight excluding hydrogens is 552 g/mol. The molecular formula is C33H40N2O8. The number of hydrogen-bond acceptors (Lipinski definition) is 10. The first kappa shape index (κ1) is 29.6. The van der Waals surface area contributed by atoms with Crippen LogP contribution in [0.3, 0.4) is 0 Å². The summed E-state index contributed by atoms with van der Waals surface area (Å²) in [7, 11) is 1.49. The van der Waals surface area contributed by atoms with E-state index in [1.54, 1.807) is 6.20 Å². The Bertz CT molecular complexity index is 1400. The minimum atomic E-state index is -1.20. The van der Waals surface area contributed by atoms with Crippen LogP contribution in [0.2, 0.25) is 0 Å². The number of anilines is 1. The van der Waals surface area contributed by atoms with Gasteiger partial charge in [-0.05, 0) is 42.9 Å². The first-order chi connectivity index (χ1) is 20.5. The molecule has 2 aliphatic heterocycles. The van der Waals surface area contributed by atoms with E-state index in [1.165, 1.54) is 14.0 Å². The fraction of sp³-hybridized carbons (Fsp3) is 0.576. The zero-order valence-corrected chi connectivity index (χ0v) is 25.2. The lowest BCUT2D eigenvalue weighted by Crippen LogP contribution is -2.63. The van der Waals surface area contributed by atoms with Crippen LogP contribution in [-0.4, -0.2) is 91.7 Å². The predicted octanol–water partition coefficient (Wildman–Crippen LogP) is 2.45. The second kappa shape index (κ2) is 10.9. The molecule has 2 unspecified atom stereocenters. The zero-order chi connectivity index (χ0) is 30.7. The normalized spacial score (nSPS) is 36.7. The molecule has 1 aromatic rings. The smallest absolute Gasteiger partial charge is 0.336 e. The highest BCUT2D eigenvalue weighted by Gasteiger charge is 2.67. The Morgan fingerprint density at radius 1 is 1.09 bits per heavy atom. The summed E-state index contributed by atoms with van der Waals surface area (Å²) < 4.78 is 17.4. The van der Waals surface area contributed by atoms with Crippen LogP contribution in [0.4, 0.5) is 5.69 Å². The number of esters is 2. The van der Waals surface area contributed by atoms with Crippen molar-refractivity contribution >= 4 is 29.2 Å². The molecule has 2 heterocycles. The van der Waals surface area contributed by atoms with E-state index < -0.39 is 58.6 Å². The number of aliphatic hydroxyl groups excluding tert-OH is 1. The van der Waals surface area contributed by atoms with Gasteiger partial charge in [0.1, 0.15) is 12.2 Å². The van der Waals surface area contributed by atoms with Gasteiger partial charge < -0.3 is 29.1 Å². The van der Waals surface area contributed by atoms with Crippen molar-refractivity contribution in [3.63, 3.8) is 0 Å². The second-order valence-electron chi connectivity index (χ2n) is 13.0. The topological polar surface area (TPSA) is 123 Å². The number of para-hydroxylation sites is 1. The van der Waals surface area contributed by atoms with Crippen molar-refractivity contribution in [1.82, 2.24) is 4.90 Å². The summed E-state index contributed by atoms with van der Waals surface area (Å²) in [5, 5.41) is 11.0. The number of hydrogen-bond donors (Lipinski definition) is 1. The summed E-state index contributed by atoms with van der Waals surface area (Å²) in [6.07, 6.45) is 0.544. The number of ether oxygens (including phenoxy) is 3. The highest BCUT2D eigenvalue weighted by Crippen LogP contribution is 2.63. The van der Waals surface area contributed by atoms with Gasteiger partial charge in [-0.2, -0.15) is 0 Å². The molecule has 3 fully saturated rings. The van der Waals surface area contributed by atoms with Crippen molar-refractivity contribution < 1.29 is 38.5 Å². The van der Waals surface area contributed by atoms with E-state index in [2.05, 4.69) is 17.0 Å². The maximum absolute atomic E-state index is 14.2. The molecule has 0 aromatic heterocycles. The van der Waals surface area contributed by atoms with Crippen molar-refractivity contribution in [3.05, 3.63) is 53.3 Å². The quantitative estimate of drug-likeness (QED) is 0.310. The summed E-state index contributed by atoms with van der Waals surface area (Å²) in [6.45, 7) is 7.70. The number of fused-ring (bicyclic) bond motifs is 4. The van der Waals surface area contributed by atoms with Gasteiger partial charge >= 0.3 is 11.9 Å². The molecule has 6 rings (SSSR count). The molecule has 3 aliphatic carbocycles. The summed E-state index contributed by atoms with van der Waals surface area (Å²) >= 11 is 0. The van der Waals surface area contributed by atoms with Crippen molar-refractivity contribution in [1.29, 1.82) is 0 Å². The fourth-order valence-electron chi connectivity index (χ4n) is 8.43. The van der Waals surface area contributed by atoms with Crippen LogP contribution in [0, 0.1) is 22.7 Å². The standard InChI is InChI=1S/C33H40N2O8/c1-19(36)42-23-16-32(2)22(10-11-24(32)37)26-28(23)33(3)25(18-41-4)43-31(40)21(27(33)30(39)29(26)38)17-34-12-14-35(15-13-34)20-8-6-5-7-9-20/h5-9,17,22-25,27,37H,10-16,18H2,1-4H3/t22?,23-,24+,25-,27?,32+,33+/m1/s1. The number of cyclic esters (lactones) is 1. The molecule has 5 aliphatic rings. The molecule has 2 saturated heterocycles. The Hall–Kier alpha value is -3.50. The summed E-state index contributed by atoms with van der Waals surface area (Å²) in [4.78, 5) is 58.6. The number of carbonyl (C=O) groups is 4. The summed E-state index contributed by atoms with van der Waals surface area (Å²) in [5.41, 5.74) is 0.161. The molecule has 230 valence electrons. The van der Waals surface area contributed by atoms with Gasteiger partial charge in [-0.3, -0.25) is 14.4 Å². The maximum atomic E-state index is 14.2. The van der Waals surface area contributed by atoms with Gasteiger partial charge in [0.2, 0.25) is 11.6 Å². The van der Waals surface area contributed by atoms with Crippen LogP contribution in [0.1, 0.15) is 40.0 Å². The first-order valence-corrected chi connectivity index (χ1v) is 15.1. The molecule has 1 N–H and O–H groups in total. The number of aliphatic hydroxyl groups is 1. The van der Waals surface area contributed by atoms with Gasteiger partial charge in [0.25, 0.3) is 0 Å². The fourth-order valence-corrected chi connectivity index (χ4v) is 8.43. The first-order valence-electron chi connectivity index (χ1n) is 15.1. The van der Waals surface area contributed by atoms with E-state index in [4.69, 9.17) is 14.2 Å². The van der Waals surface area contributed by atoms with Gasteiger partial charge in [-0.25, -0.2) is 4.79 Å². The largest absolute Gasteiger partial charge is 0.458 e. The van der Waals surface area contributed by atoms with Crippen molar-refractivity contribution in [2.75, 3.05) is 44.8 Å². The maximum Gasteiger partial charge on any atom is 0.336 e. The molecule has 1 aromatic carbocycles. The third kappa shape index (κ3) is 4.61. The van der Waals surface area contributed by atoms with E-state index in [-0.39, 0.29) is 18.1 Å². The van der Waals surface area contributed by atoms with Gasteiger partial charge in [0.05, 0.1) is 24.2 Å². The molecule has 0 radical (unpaired) electrons. The van der Waals surface area contributed by atoms with E-state index in [0.717, 1.165) is 18.8 Å². The minimum Gasteiger partial charge on any atom is -0.458 e. The number of Topliss-reactive ketones (excluding diaryl/α,β-unsaturated/α-hetero) is 2. The van der Waals surface area contributed by atoms with Crippen molar-refractivity contribution in [3.8, 4) is 0 Å². The van der Waals surface area contributed by atoms with Crippen LogP contribution in [0.5, 0.6) is 0 Å². The lowest BCUT2D eigenvalue weighted by atomic mass is 9.50. The van der Waals surface area contributed by atoms with Gasteiger partial charge in [0, 0.05) is 68.5 Å². The van der Waals surface area contributed by atoms with E-state index in [0.29, 0.717) is 43.5 Å². The molecule has 7 atom stereocenters. The lowest BCUT2D eigenvalue weighted by Gasteiger charge is -2.56. The van der Waals surface area contributed by atoms with Crippen LogP contribution in [0.15, 0.2) is 53.3 Å². The highest BCUT2D eigenvalue weighted by atomic mass is 16.6. The third-order valence-electron chi connectivity index (χ3n) is 10.6. The second-order valence-corrected chi connectivity index (χ2v) is 13.0. The average molecular weight is 593 g/mol. The van der Waals surface area contributed by atoms with E-state index in [1.807, 2.05) is 36.9 Å². The number of ketones is 2. The number of nitrogens with zero attached hydrogens (tertiary/aromatic N) is 2. The number of allylic oxidation sites excluding steroid dienone is 1. The summed E-state index contributed by atoms with van der Waals surface area (Å²) in [5.74, 6) is -4.01. The van der Waals surface area contributed by atoms with Crippen LogP contribution >= 0.6 is 0 Å². The summed E-state index contributed by atoms with van der Waals surface area (Å²) in [6, 6.07) is 10.1. The highest BCUT2D eigenvalue weighted by molar-refractivity contribution is 6.47. The Morgan fingerprint density at radius 2 is 1.79 bits per heavy atom. The monoisotopic (exact) mass is 592 g/mol. The Balaban J connectivity index is 1.43. The molecule has 0 amide bonds. The Morgan fingerprint density at radius 3 is 2.44 bits per heavy atom. The number of carbonyl (C=O) groups excluding carboxylic acids is 4. The molecule has 1 saturated carbocycles. The van der Waals surface area contributed by atoms with Gasteiger partial charge in [-0.1, -0.05) is 32.0 Å². The molecule has 10 nitrogen and oxygen atoms in total. The van der Waals surface area contributed by atoms with E-state index in [9.17, 15) is 24.3 Å². The SMILES string of the molecule is COC[C@H]1OC(=O)C(=CN2CCN(c3ccccc3)CC2)C2C(=O)C(=O)C3=C([C@H](OC(C)=O)C[C@@]4(C)C3CC[C@@H]4O)[C@]21C. The van der Waals surface area contributed by atoms with Crippen LogP contribution in [-0.2, 0) is 33.4 Å². The van der Waals surface area contributed by atoms with Crippen molar-refractivity contribution in [2.45, 2.75) is 58.3 Å². The van der Waals surface area contributed by atoms with Gasteiger partial charge in [-0.15, -0.1) is 0 Å². The molecule has 0 bridgehead atoms. The third-order valence-corrected chi connectivity index (χ3v) is 10.6.